The first kappa shape index (κ1) is 26.0. The molecule has 7 nitrogen and oxygen atoms in total. The van der Waals surface area contributed by atoms with Crippen LogP contribution in [0.1, 0.15) is 12.0 Å². The van der Waals surface area contributed by atoms with E-state index in [-0.39, 0.29) is 17.1 Å². The van der Waals surface area contributed by atoms with Gasteiger partial charge in [-0.05, 0) is 36.2 Å². The fraction of sp³-hybridized carbons (Fsp3) is 0.364. The molecular formula is C22H20F6N4O3. The van der Waals surface area contributed by atoms with Crippen LogP contribution in [0.3, 0.4) is 0 Å². The van der Waals surface area contributed by atoms with Crippen molar-refractivity contribution in [2.45, 2.75) is 31.2 Å². The van der Waals surface area contributed by atoms with Gasteiger partial charge in [0.15, 0.2) is 5.92 Å². The molecule has 1 aliphatic rings. The first-order chi connectivity index (χ1) is 16.2. The largest absolute Gasteiger partial charge is 0.400 e. The summed E-state index contributed by atoms with van der Waals surface area (Å²) in [6.07, 6.45) is -12.4. The van der Waals surface area contributed by atoms with Crippen LogP contribution >= 0.6 is 0 Å². The van der Waals surface area contributed by atoms with Gasteiger partial charge in [0, 0.05) is 25.4 Å². The summed E-state index contributed by atoms with van der Waals surface area (Å²) in [5, 5.41) is 0. The van der Waals surface area contributed by atoms with Gasteiger partial charge in [0.25, 0.3) is 5.91 Å². The molecule has 0 saturated carbocycles. The van der Waals surface area contributed by atoms with Gasteiger partial charge in [-0.3, -0.25) is 19.3 Å². The number of anilines is 2. The van der Waals surface area contributed by atoms with Crippen LogP contribution in [0.4, 0.5) is 37.8 Å². The Kier molecular flexibility index (Phi) is 7.08. The predicted octanol–water partition coefficient (Wildman–Crippen LogP) is 3.35. The van der Waals surface area contributed by atoms with Crippen LogP contribution in [0.5, 0.6) is 0 Å². The molecular weight excluding hydrogens is 482 g/mol. The minimum atomic E-state index is -5.77. The Balaban J connectivity index is 1.92. The van der Waals surface area contributed by atoms with Crippen molar-refractivity contribution in [1.29, 1.82) is 0 Å². The molecule has 1 aromatic heterocycles. The van der Waals surface area contributed by atoms with E-state index >= 15 is 0 Å². The highest BCUT2D eigenvalue weighted by atomic mass is 19.4. The summed E-state index contributed by atoms with van der Waals surface area (Å²) in [4.78, 5) is 43.6. The van der Waals surface area contributed by atoms with Gasteiger partial charge in [0.1, 0.15) is 11.9 Å². The summed E-state index contributed by atoms with van der Waals surface area (Å²) in [6, 6.07) is 9.22. The Morgan fingerprint density at radius 2 is 1.69 bits per heavy atom. The van der Waals surface area contributed by atoms with Crippen LogP contribution in [0.25, 0.3) is 0 Å². The lowest BCUT2D eigenvalue weighted by atomic mass is 9.80. The number of aromatic nitrogens is 1. The molecule has 1 fully saturated rings. The molecule has 0 unspecified atom stereocenters. The number of nitrogen functional groups attached to an aromatic ring is 1. The van der Waals surface area contributed by atoms with E-state index in [9.17, 15) is 40.7 Å². The summed E-state index contributed by atoms with van der Waals surface area (Å²) in [6.45, 7) is 0. The third kappa shape index (κ3) is 5.54. The summed E-state index contributed by atoms with van der Waals surface area (Å²) >= 11 is 0. The van der Waals surface area contributed by atoms with Crippen molar-refractivity contribution in [1.82, 2.24) is 9.88 Å². The van der Waals surface area contributed by atoms with E-state index < -0.39 is 54.4 Å². The number of carbonyl (C=O) groups is 3. The molecule has 0 radical (unpaired) electrons. The molecule has 2 atom stereocenters. The first-order valence-corrected chi connectivity index (χ1v) is 10.2. The fourth-order valence-electron chi connectivity index (χ4n) is 3.85. The summed E-state index contributed by atoms with van der Waals surface area (Å²) in [5.41, 5.74) is 6.41. The van der Waals surface area contributed by atoms with Gasteiger partial charge < -0.3 is 10.6 Å². The number of amides is 3. The second-order valence-electron chi connectivity index (χ2n) is 8.02. The van der Waals surface area contributed by atoms with E-state index in [2.05, 4.69) is 4.98 Å². The van der Waals surface area contributed by atoms with E-state index in [4.69, 9.17) is 5.73 Å². The zero-order chi connectivity index (χ0) is 26.1. The third-order valence-electron chi connectivity index (χ3n) is 5.68. The number of imide groups is 1. The van der Waals surface area contributed by atoms with Gasteiger partial charge in [-0.25, -0.2) is 4.98 Å². The molecule has 13 heteroatoms. The predicted molar refractivity (Wildman–Crippen MR) is 112 cm³/mol. The zero-order valence-electron chi connectivity index (χ0n) is 18.2. The number of benzene rings is 1. The summed E-state index contributed by atoms with van der Waals surface area (Å²) in [7, 11) is 1.32. The Bertz CT molecular complexity index is 1090. The highest BCUT2D eigenvalue weighted by Crippen LogP contribution is 2.43. The molecule has 2 aromatic rings. The SMILES string of the molecule is CN(C(=O)[C@@H]1[C@@H](Cc2ccnc(N)c2)C(=O)N1C(=O)CC(C(F)(F)F)C(F)(F)F)c1ccccc1. The number of halogens is 6. The zero-order valence-corrected chi connectivity index (χ0v) is 18.2. The van der Waals surface area contributed by atoms with E-state index in [1.54, 1.807) is 18.2 Å². The lowest BCUT2D eigenvalue weighted by Gasteiger charge is -2.46. The molecule has 0 aliphatic carbocycles. The normalized spacial score (nSPS) is 18.4. The van der Waals surface area contributed by atoms with Gasteiger partial charge in [-0.2, -0.15) is 26.3 Å². The number of pyridine rings is 1. The van der Waals surface area contributed by atoms with Crippen molar-refractivity contribution in [3.05, 3.63) is 54.2 Å². The number of likely N-dealkylation sites (tertiary alicyclic amines) is 1. The maximum Gasteiger partial charge on any atom is 0.400 e. The molecule has 35 heavy (non-hydrogen) atoms. The van der Waals surface area contributed by atoms with Crippen LogP contribution in [-0.2, 0) is 20.8 Å². The Morgan fingerprint density at radius 1 is 1.09 bits per heavy atom. The maximum atomic E-state index is 13.2. The van der Waals surface area contributed by atoms with E-state index in [1.165, 1.54) is 37.5 Å². The molecule has 2 heterocycles. The molecule has 0 spiro atoms. The third-order valence-corrected chi connectivity index (χ3v) is 5.68. The smallest absolute Gasteiger partial charge is 0.384 e. The van der Waals surface area contributed by atoms with Gasteiger partial charge >= 0.3 is 12.4 Å². The quantitative estimate of drug-likeness (QED) is 0.483. The van der Waals surface area contributed by atoms with Gasteiger partial charge in [-0.15, -0.1) is 0 Å². The first-order valence-electron chi connectivity index (χ1n) is 10.2. The molecule has 188 valence electrons. The van der Waals surface area contributed by atoms with E-state index in [0.29, 0.717) is 11.3 Å². The summed E-state index contributed by atoms with van der Waals surface area (Å²) in [5.74, 6) is -8.70. The molecule has 3 amide bonds. The molecule has 0 bridgehead atoms. The van der Waals surface area contributed by atoms with Crippen molar-refractivity contribution in [2.75, 3.05) is 17.7 Å². The summed E-state index contributed by atoms with van der Waals surface area (Å²) < 4.78 is 78.0. The Labute approximate surface area is 195 Å². The van der Waals surface area contributed by atoms with Crippen molar-refractivity contribution in [3.63, 3.8) is 0 Å². The average molecular weight is 502 g/mol. The minimum absolute atomic E-state index is 0.102. The van der Waals surface area contributed by atoms with E-state index in [1.807, 2.05) is 0 Å². The van der Waals surface area contributed by atoms with Crippen molar-refractivity contribution in [3.8, 4) is 0 Å². The van der Waals surface area contributed by atoms with Gasteiger partial charge in [-0.1, -0.05) is 18.2 Å². The van der Waals surface area contributed by atoms with Crippen molar-refractivity contribution >= 4 is 29.2 Å². The Hall–Kier alpha value is -3.64. The molecule has 1 saturated heterocycles. The van der Waals surface area contributed by atoms with Crippen LogP contribution < -0.4 is 10.6 Å². The molecule has 1 aromatic carbocycles. The monoisotopic (exact) mass is 502 g/mol. The average Bonchev–Trinajstić information content (AvgIpc) is 2.77. The number of carbonyl (C=O) groups excluding carboxylic acids is 3. The number of para-hydroxylation sites is 1. The van der Waals surface area contributed by atoms with Crippen LogP contribution in [0.15, 0.2) is 48.7 Å². The lowest BCUT2D eigenvalue weighted by molar-refractivity contribution is -0.285. The lowest BCUT2D eigenvalue weighted by Crippen LogP contribution is -2.69. The number of likely N-dealkylation sites (N-methyl/N-ethyl adjacent to an activating group) is 1. The molecule has 2 N–H and O–H groups in total. The topological polar surface area (TPSA) is 96.6 Å². The number of hydrogen-bond acceptors (Lipinski definition) is 5. The minimum Gasteiger partial charge on any atom is -0.384 e. The number of nitrogens with zero attached hydrogens (tertiary/aromatic N) is 3. The Morgan fingerprint density at radius 3 is 2.23 bits per heavy atom. The van der Waals surface area contributed by atoms with Crippen LogP contribution in [0.2, 0.25) is 0 Å². The van der Waals surface area contributed by atoms with E-state index in [0.717, 1.165) is 4.90 Å². The van der Waals surface area contributed by atoms with Gasteiger partial charge in [0.2, 0.25) is 11.8 Å². The second kappa shape index (κ2) is 9.55. The highest BCUT2D eigenvalue weighted by Gasteiger charge is 2.60. The number of β-lactam (4-membered cyclic amide) rings is 1. The van der Waals surface area contributed by atoms with Gasteiger partial charge in [0.05, 0.1) is 5.92 Å². The number of alkyl halides is 6. The standard InChI is InChI=1S/C22H20F6N4O3/c1-31(13-5-3-2-4-6-13)20(35)18-14(9-12-7-8-30-16(29)10-12)19(34)32(18)17(33)11-15(21(23,24)25)22(26,27)28/h2-8,10,14-15,18H,9,11H2,1H3,(H2,29,30)/t14-,18+/m1/s1. The number of nitrogens with two attached hydrogens (primary N) is 1. The number of hydrogen-bond donors (Lipinski definition) is 1. The van der Waals surface area contributed by atoms with Crippen LogP contribution in [-0.4, -0.2) is 53.0 Å². The van der Waals surface area contributed by atoms with Crippen molar-refractivity contribution < 1.29 is 40.7 Å². The molecule has 1 aliphatic heterocycles. The van der Waals surface area contributed by atoms with Crippen molar-refractivity contribution in [2.24, 2.45) is 11.8 Å². The van der Waals surface area contributed by atoms with Crippen LogP contribution in [0, 0.1) is 11.8 Å². The number of rotatable bonds is 6. The highest BCUT2D eigenvalue weighted by molar-refractivity contribution is 6.12. The molecule has 3 rings (SSSR count). The second-order valence-corrected chi connectivity index (χ2v) is 8.02. The maximum absolute atomic E-state index is 13.2. The fourth-order valence-corrected chi connectivity index (χ4v) is 3.85.